The first kappa shape index (κ1) is 15.8. The third-order valence-electron chi connectivity index (χ3n) is 6.54. The first-order chi connectivity index (χ1) is 10.2. The van der Waals surface area contributed by atoms with Crippen LogP contribution in [0.15, 0.2) is 0 Å². The minimum absolute atomic E-state index is 0.335. The lowest BCUT2D eigenvalue weighted by atomic mass is 9.75. The summed E-state index contributed by atoms with van der Waals surface area (Å²) in [5.74, 6) is 0. The lowest BCUT2D eigenvalue weighted by molar-refractivity contribution is -0.0490. The van der Waals surface area contributed by atoms with Crippen LogP contribution in [0.3, 0.4) is 0 Å². The second kappa shape index (κ2) is 6.55. The summed E-state index contributed by atoms with van der Waals surface area (Å²) in [5.41, 5.74) is 0.763. The maximum Gasteiger partial charge on any atom is 0.0703 e. The van der Waals surface area contributed by atoms with Gasteiger partial charge in [0.15, 0.2) is 0 Å². The van der Waals surface area contributed by atoms with Crippen molar-refractivity contribution in [2.24, 2.45) is 0 Å². The van der Waals surface area contributed by atoms with Gasteiger partial charge in [0, 0.05) is 37.3 Å². The Morgan fingerprint density at radius 3 is 2.48 bits per heavy atom. The molecule has 0 radical (unpaired) electrons. The molecule has 3 heteroatoms. The fraction of sp³-hybridized carbons (Fsp3) is 1.00. The highest BCUT2D eigenvalue weighted by atomic mass is 16.5. The highest BCUT2D eigenvalue weighted by Crippen LogP contribution is 2.39. The molecule has 3 nitrogen and oxygen atoms in total. The molecule has 0 bridgehead atoms. The molecule has 0 amide bonds. The molecule has 122 valence electrons. The number of hydrogen-bond donors (Lipinski definition) is 1. The molecular formula is C18H34N2O. The second-order valence-electron chi connectivity index (χ2n) is 7.64. The summed E-state index contributed by atoms with van der Waals surface area (Å²) in [4.78, 5) is 2.85. The van der Waals surface area contributed by atoms with Crippen molar-refractivity contribution in [1.29, 1.82) is 0 Å². The normalized spacial score (nSPS) is 32.6. The monoisotopic (exact) mass is 294 g/mol. The Labute approximate surface area is 130 Å². The highest BCUT2D eigenvalue weighted by molar-refractivity contribution is 5.06. The Balaban J connectivity index is 1.75. The molecule has 2 saturated heterocycles. The highest BCUT2D eigenvalue weighted by Gasteiger charge is 2.47. The van der Waals surface area contributed by atoms with Crippen LogP contribution in [0.5, 0.6) is 0 Å². The van der Waals surface area contributed by atoms with Gasteiger partial charge in [-0.2, -0.15) is 0 Å². The zero-order valence-electron chi connectivity index (χ0n) is 14.1. The summed E-state index contributed by atoms with van der Waals surface area (Å²) < 4.78 is 5.96. The van der Waals surface area contributed by atoms with Crippen molar-refractivity contribution < 1.29 is 4.74 Å². The molecular weight excluding hydrogens is 260 g/mol. The first-order valence-electron chi connectivity index (χ1n) is 9.34. The zero-order valence-corrected chi connectivity index (χ0v) is 14.1. The largest absolute Gasteiger partial charge is 0.377 e. The number of hydrogen-bond acceptors (Lipinski definition) is 3. The molecule has 0 aromatic heterocycles. The summed E-state index contributed by atoms with van der Waals surface area (Å²) in [7, 11) is 0. The van der Waals surface area contributed by atoms with Gasteiger partial charge in [0.2, 0.25) is 0 Å². The predicted octanol–water partition coefficient (Wildman–Crippen LogP) is 3.33. The van der Waals surface area contributed by atoms with Crippen LogP contribution in [0.1, 0.15) is 71.6 Å². The van der Waals surface area contributed by atoms with Crippen molar-refractivity contribution in [2.45, 2.75) is 88.8 Å². The van der Waals surface area contributed by atoms with Gasteiger partial charge >= 0.3 is 0 Å². The Hall–Kier alpha value is -0.120. The molecule has 21 heavy (non-hydrogen) atoms. The summed E-state index contributed by atoms with van der Waals surface area (Å²) in [6.45, 7) is 9.26. The summed E-state index contributed by atoms with van der Waals surface area (Å²) >= 11 is 0. The fourth-order valence-electron chi connectivity index (χ4n) is 4.77. The van der Waals surface area contributed by atoms with E-state index in [1.807, 2.05) is 0 Å². The number of rotatable bonds is 4. The Bertz CT molecular complexity index is 328. The molecule has 0 aromatic rings. The van der Waals surface area contributed by atoms with E-state index in [-0.39, 0.29) is 0 Å². The maximum atomic E-state index is 5.96. The molecule has 2 heterocycles. The summed E-state index contributed by atoms with van der Waals surface area (Å²) in [6, 6.07) is 0. The topological polar surface area (TPSA) is 24.5 Å². The van der Waals surface area contributed by atoms with E-state index in [2.05, 4.69) is 24.1 Å². The van der Waals surface area contributed by atoms with Gasteiger partial charge < -0.3 is 10.1 Å². The third-order valence-corrected chi connectivity index (χ3v) is 6.54. The Morgan fingerprint density at radius 2 is 1.86 bits per heavy atom. The predicted molar refractivity (Wildman–Crippen MR) is 87.7 cm³/mol. The van der Waals surface area contributed by atoms with E-state index in [1.165, 1.54) is 77.4 Å². The van der Waals surface area contributed by atoms with Gasteiger partial charge in [-0.25, -0.2) is 0 Å². The second-order valence-corrected chi connectivity index (χ2v) is 7.64. The van der Waals surface area contributed by atoms with Crippen molar-refractivity contribution >= 4 is 0 Å². The van der Waals surface area contributed by atoms with Gasteiger partial charge in [0.25, 0.3) is 0 Å². The molecule has 1 N–H and O–H groups in total. The fourth-order valence-corrected chi connectivity index (χ4v) is 4.77. The van der Waals surface area contributed by atoms with Crippen LogP contribution in [-0.2, 0) is 4.74 Å². The van der Waals surface area contributed by atoms with Gasteiger partial charge in [-0.15, -0.1) is 0 Å². The van der Waals surface area contributed by atoms with Crippen molar-refractivity contribution in [3.05, 3.63) is 0 Å². The molecule has 3 rings (SSSR count). The maximum absolute atomic E-state index is 5.96. The lowest BCUT2D eigenvalue weighted by Crippen LogP contribution is -2.71. The number of ether oxygens (including phenoxy) is 1. The van der Waals surface area contributed by atoms with E-state index in [9.17, 15) is 0 Å². The van der Waals surface area contributed by atoms with E-state index in [4.69, 9.17) is 4.74 Å². The van der Waals surface area contributed by atoms with E-state index >= 15 is 0 Å². The van der Waals surface area contributed by atoms with Crippen LogP contribution in [0.25, 0.3) is 0 Å². The zero-order chi connectivity index (χ0) is 14.8. The van der Waals surface area contributed by atoms with Crippen LogP contribution in [-0.4, -0.2) is 48.3 Å². The Morgan fingerprint density at radius 1 is 1.10 bits per heavy atom. The van der Waals surface area contributed by atoms with Crippen molar-refractivity contribution in [3.8, 4) is 0 Å². The molecule has 3 fully saturated rings. The molecule has 1 saturated carbocycles. The quantitative estimate of drug-likeness (QED) is 0.861. The molecule has 1 spiro atoms. The van der Waals surface area contributed by atoms with E-state index in [0.717, 1.165) is 6.61 Å². The first-order valence-corrected chi connectivity index (χ1v) is 9.34. The van der Waals surface area contributed by atoms with E-state index in [1.54, 1.807) is 0 Å². The van der Waals surface area contributed by atoms with E-state index in [0.29, 0.717) is 17.2 Å². The van der Waals surface area contributed by atoms with E-state index < -0.39 is 0 Å². The van der Waals surface area contributed by atoms with Crippen LogP contribution >= 0.6 is 0 Å². The molecule has 1 aliphatic carbocycles. The third kappa shape index (κ3) is 3.16. The van der Waals surface area contributed by atoms with Crippen molar-refractivity contribution in [1.82, 2.24) is 10.2 Å². The van der Waals surface area contributed by atoms with Gasteiger partial charge in [-0.3, -0.25) is 4.90 Å². The molecule has 2 aliphatic heterocycles. The number of nitrogens with zero attached hydrogens (tertiary/aromatic N) is 1. The van der Waals surface area contributed by atoms with Crippen LogP contribution in [0.2, 0.25) is 0 Å². The van der Waals surface area contributed by atoms with Gasteiger partial charge in [-0.1, -0.05) is 33.1 Å². The minimum Gasteiger partial charge on any atom is -0.377 e. The molecule has 0 aromatic carbocycles. The smallest absolute Gasteiger partial charge is 0.0703 e. The molecule has 1 atom stereocenters. The SMILES string of the molecule is CCC1(CC)CN(CC2CCCO2)C2(CCCCC2)CN1. The van der Waals surface area contributed by atoms with Crippen LogP contribution in [0, 0.1) is 0 Å². The average Bonchev–Trinajstić information content (AvgIpc) is 3.04. The minimum atomic E-state index is 0.335. The van der Waals surface area contributed by atoms with Crippen LogP contribution < -0.4 is 5.32 Å². The standard InChI is InChI=1S/C18H34N2O/c1-3-17(4-2)15-20(13-16-9-8-12-21-16)18(14-19-17)10-6-5-7-11-18/h16,19H,3-15H2,1-2H3. The van der Waals surface area contributed by atoms with Gasteiger partial charge in [0.1, 0.15) is 0 Å². The number of nitrogens with one attached hydrogen (secondary N) is 1. The lowest BCUT2D eigenvalue weighted by Gasteiger charge is -2.56. The Kier molecular flexibility index (Phi) is 4.92. The summed E-state index contributed by atoms with van der Waals surface area (Å²) in [5, 5.41) is 3.96. The average molecular weight is 294 g/mol. The van der Waals surface area contributed by atoms with Crippen molar-refractivity contribution in [2.75, 3.05) is 26.2 Å². The number of piperazine rings is 1. The molecule has 3 aliphatic rings. The molecule has 1 unspecified atom stereocenters. The van der Waals surface area contributed by atoms with Gasteiger partial charge in [0.05, 0.1) is 6.10 Å². The van der Waals surface area contributed by atoms with Crippen LogP contribution in [0.4, 0.5) is 0 Å². The van der Waals surface area contributed by atoms with Gasteiger partial charge in [-0.05, 0) is 38.5 Å². The summed E-state index contributed by atoms with van der Waals surface area (Å²) in [6.07, 6.45) is 12.5. The van der Waals surface area contributed by atoms with Crippen molar-refractivity contribution in [3.63, 3.8) is 0 Å².